The molecule has 0 spiro atoms. The Morgan fingerprint density at radius 1 is 1.04 bits per heavy atom. The summed E-state index contributed by atoms with van der Waals surface area (Å²) in [5, 5.41) is 22.6. The zero-order valence-electron chi connectivity index (χ0n) is 17.3. The highest BCUT2D eigenvalue weighted by Gasteiger charge is 2.54. The molecule has 152 valence electrons. The summed E-state index contributed by atoms with van der Waals surface area (Å²) in [5.74, 6) is -0.198. The van der Waals surface area contributed by atoms with E-state index in [9.17, 15) is 10.2 Å². The van der Waals surface area contributed by atoms with E-state index in [2.05, 4.69) is 69.3 Å². The largest absolute Gasteiger partial charge is 0.404 e. The first kappa shape index (κ1) is 21.2. The second-order valence-electron chi connectivity index (χ2n) is 8.84. The molecule has 0 unspecified atom stereocenters. The van der Waals surface area contributed by atoms with Crippen molar-refractivity contribution in [1.29, 1.82) is 0 Å². The van der Waals surface area contributed by atoms with Crippen molar-refractivity contribution in [1.82, 2.24) is 0 Å². The summed E-state index contributed by atoms with van der Waals surface area (Å²) in [6.45, 7) is 8.88. The molecule has 1 heterocycles. The monoisotopic (exact) mass is 400 g/mol. The Morgan fingerprint density at radius 2 is 1.54 bits per heavy atom. The highest BCUT2D eigenvalue weighted by molar-refractivity contribution is 6.99. The van der Waals surface area contributed by atoms with Crippen molar-refractivity contribution in [3.63, 3.8) is 0 Å². The normalized spacial score (nSPS) is 25.8. The van der Waals surface area contributed by atoms with Gasteiger partial charge in [-0.3, -0.25) is 0 Å². The lowest BCUT2D eigenvalue weighted by atomic mass is 9.89. The Bertz CT molecular complexity index is 720. The van der Waals surface area contributed by atoms with Crippen LogP contribution in [0.15, 0.2) is 60.7 Å². The van der Waals surface area contributed by atoms with Crippen molar-refractivity contribution in [2.45, 2.75) is 44.4 Å². The van der Waals surface area contributed by atoms with Crippen LogP contribution < -0.4 is 10.4 Å². The van der Waals surface area contributed by atoms with Crippen LogP contribution in [-0.4, -0.2) is 50.1 Å². The molecule has 4 nitrogen and oxygen atoms in total. The van der Waals surface area contributed by atoms with E-state index < -0.39 is 20.0 Å². The van der Waals surface area contributed by atoms with E-state index in [1.54, 1.807) is 0 Å². The van der Waals surface area contributed by atoms with Crippen molar-refractivity contribution >= 4 is 18.7 Å². The molecule has 1 aliphatic heterocycles. The second-order valence-corrected chi connectivity index (χ2v) is 13.1. The Hall–Kier alpha value is -1.50. The molecule has 2 N–H and O–H groups in total. The summed E-state index contributed by atoms with van der Waals surface area (Å²) in [7, 11) is -2.70. The lowest BCUT2D eigenvalue weighted by Crippen LogP contribution is -2.68. The molecule has 0 bridgehead atoms. The van der Waals surface area contributed by atoms with E-state index >= 15 is 0 Å². The SMILES string of the molecule is C[C@H]1[C@@H](O)CO[C@]1(CO)CO[Si](c1ccccc1)(c1ccccc1)C(C)(C)C. The van der Waals surface area contributed by atoms with Gasteiger partial charge in [-0.15, -0.1) is 0 Å². The van der Waals surface area contributed by atoms with E-state index in [-0.39, 0.29) is 30.8 Å². The van der Waals surface area contributed by atoms with Crippen LogP contribution in [0.2, 0.25) is 5.04 Å². The number of benzene rings is 2. The molecule has 2 aromatic rings. The number of aliphatic hydroxyl groups is 2. The third-order valence-corrected chi connectivity index (χ3v) is 11.1. The van der Waals surface area contributed by atoms with E-state index in [4.69, 9.17) is 9.16 Å². The molecule has 0 radical (unpaired) electrons. The molecular formula is C23H32O4Si. The van der Waals surface area contributed by atoms with Crippen LogP contribution in [0, 0.1) is 5.92 Å². The molecule has 0 aromatic heterocycles. The molecule has 0 aliphatic carbocycles. The first-order chi connectivity index (χ1) is 13.3. The van der Waals surface area contributed by atoms with Gasteiger partial charge in [-0.2, -0.15) is 0 Å². The highest BCUT2D eigenvalue weighted by atomic mass is 28.4. The van der Waals surface area contributed by atoms with Gasteiger partial charge in [0, 0.05) is 5.92 Å². The number of rotatable bonds is 6. The molecule has 1 aliphatic rings. The fourth-order valence-corrected chi connectivity index (χ4v) is 8.89. The van der Waals surface area contributed by atoms with Crippen molar-refractivity contribution in [2.24, 2.45) is 5.92 Å². The second kappa shape index (κ2) is 8.09. The van der Waals surface area contributed by atoms with Crippen LogP contribution in [0.5, 0.6) is 0 Å². The fourth-order valence-electron chi connectivity index (χ4n) is 4.28. The van der Waals surface area contributed by atoms with Gasteiger partial charge in [0.1, 0.15) is 5.60 Å². The van der Waals surface area contributed by atoms with Crippen LogP contribution in [0.3, 0.4) is 0 Å². The average Bonchev–Trinajstić information content (AvgIpc) is 2.98. The summed E-state index contributed by atoms with van der Waals surface area (Å²) >= 11 is 0. The molecule has 5 heteroatoms. The number of aliphatic hydroxyl groups excluding tert-OH is 2. The van der Waals surface area contributed by atoms with E-state index in [1.807, 2.05) is 19.1 Å². The van der Waals surface area contributed by atoms with Gasteiger partial charge >= 0.3 is 0 Å². The van der Waals surface area contributed by atoms with Crippen LogP contribution in [0.25, 0.3) is 0 Å². The number of hydrogen-bond acceptors (Lipinski definition) is 4. The molecule has 3 atom stereocenters. The summed E-state index contributed by atoms with van der Waals surface area (Å²) in [6.07, 6.45) is -0.588. The van der Waals surface area contributed by atoms with Crippen molar-refractivity contribution in [3.05, 3.63) is 60.7 Å². The van der Waals surface area contributed by atoms with Gasteiger partial charge < -0.3 is 19.4 Å². The van der Waals surface area contributed by atoms with Gasteiger partial charge in [-0.1, -0.05) is 88.4 Å². The zero-order valence-corrected chi connectivity index (χ0v) is 18.3. The standard InChI is InChI=1S/C23H32O4Si/c1-18-21(25)15-26-23(18,16-24)17-27-28(22(2,3)4,19-11-7-5-8-12-19)20-13-9-6-10-14-20/h5-14,18,21,24-25H,15-17H2,1-4H3/t18-,21-,23+/m0/s1. The molecule has 2 aromatic carbocycles. The van der Waals surface area contributed by atoms with Gasteiger partial charge in [0.15, 0.2) is 0 Å². The average molecular weight is 401 g/mol. The number of ether oxygens (including phenoxy) is 1. The maximum absolute atomic E-state index is 10.2. The number of hydrogen-bond donors (Lipinski definition) is 2. The van der Waals surface area contributed by atoms with Gasteiger partial charge in [-0.05, 0) is 15.4 Å². The van der Waals surface area contributed by atoms with Gasteiger partial charge in [0.2, 0.25) is 0 Å². The zero-order chi connectivity index (χ0) is 20.4. The molecular weight excluding hydrogens is 368 g/mol. The first-order valence-corrected chi connectivity index (χ1v) is 11.9. The Labute approximate surface area is 169 Å². The Balaban J connectivity index is 2.09. The summed E-state index contributed by atoms with van der Waals surface area (Å²) in [5.41, 5.74) is -0.882. The first-order valence-electron chi connectivity index (χ1n) is 9.95. The maximum atomic E-state index is 10.2. The smallest absolute Gasteiger partial charge is 0.261 e. The predicted molar refractivity (Wildman–Crippen MR) is 115 cm³/mol. The molecule has 1 saturated heterocycles. The van der Waals surface area contributed by atoms with E-state index in [1.165, 1.54) is 10.4 Å². The van der Waals surface area contributed by atoms with Gasteiger partial charge in [0.25, 0.3) is 8.32 Å². The third kappa shape index (κ3) is 3.58. The fraction of sp³-hybridized carbons (Fsp3) is 0.478. The highest BCUT2D eigenvalue weighted by Crippen LogP contribution is 2.39. The topological polar surface area (TPSA) is 58.9 Å². The Kier molecular flexibility index (Phi) is 6.13. The minimum atomic E-state index is -2.70. The minimum Gasteiger partial charge on any atom is -0.404 e. The maximum Gasteiger partial charge on any atom is 0.261 e. The lowest BCUT2D eigenvalue weighted by Gasteiger charge is -2.45. The van der Waals surface area contributed by atoms with Crippen LogP contribution in [-0.2, 0) is 9.16 Å². The predicted octanol–water partition coefficient (Wildman–Crippen LogP) is 2.32. The third-order valence-electron chi connectivity index (χ3n) is 6.17. The molecule has 0 saturated carbocycles. The quantitative estimate of drug-likeness (QED) is 0.731. The van der Waals surface area contributed by atoms with Crippen molar-refractivity contribution in [2.75, 3.05) is 19.8 Å². The van der Waals surface area contributed by atoms with Gasteiger partial charge in [0.05, 0.1) is 25.9 Å². The molecule has 0 amide bonds. The van der Waals surface area contributed by atoms with E-state index in [0.29, 0.717) is 0 Å². The molecule has 3 rings (SSSR count). The molecule has 1 fully saturated rings. The lowest BCUT2D eigenvalue weighted by molar-refractivity contribution is -0.0867. The molecule has 28 heavy (non-hydrogen) atoms. The summed E-state index contributed by atoms with van der Waals surface area (Å²) < 4.78 is 12.8. The van der Waals surface area contributed by atoms with Crippen molar-refractivity contribution in [3.8, 4) is 0 Å². The van der Waals surface area contributed by atoms with E-state index in [0.717, 1.165) is 0 Å². The van der Waals surface area contributed by atoms with Crippen LogP contribution in [0.1, 0.15) is 27.7 Å². The minimum absolute atomic E-state index is 0.146. The van der Waals surface area contributed by atoms with Crippen LogP contribution >= 0.6 is 0 Å². The van der Waals surface area contributed by atoms with Gasteiger partial charge in [-0.25, -0.2) is 0 Å². The summed E-state index contributed by atoms with van der Waals surface area (Å²) in [4.78, 5) is 0. The Morgan fingerprint density at radius 3 is 1.89 bits per heavy atom. The van der Waals surface area contributed by atoms with Crippen LogP contribution in [0.4, 0.5) is 0 Å². The summed E-state index contributed by atoms with van der Waals surface area (Å²) in [6, 6.07) is 20.8. The van der Waals surface area contributed by atoms with Crippen molar-refractivity contribution < 1.29 is 19.4 Å².